The van der Waals surface area contributed by atoms with Crippen molar-refractivity contribution in [3.63, 3.8) is 0 Å². The number of halogens is 1. The van der Waals surface area contributed by atoms with Crippen LogP contribution in [0.15, 0.2) is 29.4 Å². The summed E-state index contributed by atoms with van der Waals surface area (Å²) in [7, 11) is 0. The first-order valence-corrected chi connectivity index (χ1v) is 9.91. The number of amides is 2. The molecule has 0 bridgehead atoms. The topological polar surface area (TPSA) is 79.0 Å². The molecule has 138 valence electrons. The Labute approximate surface area is 161 Å². The number of benzene rings is 1. The van der Waals surface area contributed by atoms with E-state index in [1.165, 1.54) is 16.7 Å². The van der Waals surface area contributed by atoms with Gasteiger partial charge in [-0.15, -0.1) is 5.10 Å². The van der Waals surface area contributed by atoms with E-state index in [1.807, 2.05) is 13.8 Å². The maximum atomic E-state index is 13.0. The van der Waals surface area contributed by atoms with Gasteiger partial charge in [-0.2, -0.15) is 0 Å². The number of hydrogen-bond donors (Lipinski definition) is 1. The second kappa shape index (κ2) is 8.22. The Morgan fingerprint density at radius 2 is 2.04 bits per heavy atom. The molecule has 26 heavy (non-hydrogen) atoms. The zero-order chi connectivity index (χ0) is 18.7. The maximum absolute atomic E-state index is 13.0. The van der Waals surface area contributed by atoms with Gasteiger partial charge in [0.25, 0.3) is 5.91 Å². The van der Waals surface area contributed by atoms with Gasteiger partial charge < -0.3 is 0 Å². The molecule has 2 heterocycles. The number of carbonyl (C=O) groups excluding carboxylic acids is 2. The van der Waals surface area contributed by atoms with E-state index in [9.17, 15) is 9.59 Å². The number of carbonyl (C=O) groups is 2. The van der Waals surface area contributed by atoms with E-state index in [4.69, 9.17) is 11.6 Å². The maximum Gasteiger partial charge on any atom is 0.260 e. The smallest absolute Gasteiger partial charge is 0.260 e. The van der Waals surface area contributed by atoms with Gasteiger partial charge in [0.05, 0.1) is 5.25 Å². The lowest BCUT2D eigenvalue weighted by Gasteiger charge is -2.21. The summed E-state index contributed by atoms with van der Waals surface area (Å²) < 4.78 is 0. The van der Waals surface area contributed by atoms with Crippen molar-refractivity contribution in [1.82, 2.24) is 20.1 Å². The van der Waals surface area contributed by atoms with Crippen LogP contribution in [0.4, 0.5) is 0 Å². The summed E-state index contributed by atoms with van der Waals surface area (Å²) in [6, 6.07) is 6.61. The Kier molecular flexibility index (Phi) is 5.98. The molecule has 1 atom stereocenters. The van der Waals surface area contributed by atoms with Crippen LogP contribution in [-0.2, 0) is 4.79 Å². The van der Waals surface area contributed by atoms with Crippen LogP contribution in [0.3, 0.4) is 0 Å². The highest BCUT2D eigenvalue weighted by atomic mass is 35.5. The fraction of sp³-hybridized carbons (Fsp3) is 0.444. The molecule has 6 nitrogen and oxygen atoms in total. The number of H-pyrrole nitrogens is 1. The minimum atomic E-state index is -0.357. The molecule has 1 aliphatic heterocycles. The summed E-state index contributed by atoms with van der Waals surface area (Å²) in [4.78, 5) is 31.5. The van der Waals surface area contributed by atoms with E-state index in [1.54, 1.807) is 24.3 Å². The molecule has 1 N–H and O–H groups in total. The molecule has 0 aliphatic carbocycles. The summed E-state index contributed by atoms with van der Waals surface area (Å²) in [6.45, 7) is 4.49. The molecule has 2 amide bonds. The number of thioether (sulfide) groups is 1. The number of aromatic nitrogens is 3. The first kappa shape index (κ1) is 18.9. The predicted molar refractivity (Wildman–Crippen MR) is 101 cm³/mol. The van der Waals surface area contributed by atoms with E-state index in [2.05, 4.69) is 15.2 Å². The van der Waals surface area contributed by atoms with Crippen LogP contribution in [0.5, 0.6) is 0 Å². The number of hydrogen-bond acceptors (Lipinski definition) is 5. The molecule has 0 radical (unpaired) electrons. The first-order valence-electron chi connectivity index (χ1n) is 8.66. The standard InChI is InChI=1S/C18H21ClN4O2S/c1-11(2)15-20-18(22-21-15)26-14-5-3-4-10-23(17(14)25)16(24)12-6-8-13(19)9-7-12/h6-9,11,14H,3-5,10H2,1-2H3,(H,20,21,22). The third kappa shape index (κ3) is 4.27. The van der Waals surface area contributed by atoms with Gasteiger partial charge in [-0.05, 0) is 37.1 Å². The SMILES string of the molecule is CC(C)c1nc(SC2CCCCN(C(=O)c3ccc(Cl)cc3)C2=O)n[nH]1. The number of aromatic amines is 1. The molecular formula is C18H21ClN4O2S. The van der Waals surface area contributed by atoms with Gasteiger partial charge in [0.1, 0.15) is 5.82 Å². The van der Waals surface area contributed by atoms with Gasteiger partial charge in [0.2, 0.25) is 11.1 Å². The number of likely N-dealkylation sites (tertiary alicyclic amines) is 1. The molecular weight excluding hydrogens is 372 g/mol. The van der Waals surface area contributed by atoms with E-state index in [0.717, 1.165) is 18.7 Å². The Morgan fingerprint density at radius 3 is 2.69 bits per heavy atom. The minimum Gasteiger partial charge on any atom is -0.278 e. The second-order valence-electron chi connectivity index (χ2n) is 6.56. The van der Waals surface area contributed by atoms with Gasteiger partial charge in [0, 0.05) is 23.0 Å². The third-order valence-corrected chi connectivity index (χ3v) is 5.62. The Hall–Kier alpha value is -1.86. The number of nitrogens with zero attached hydrogens (tertiary/aromatic N) is 3. The van der Waals surface area contributed by atoms with Crippen LogP contribution in [0.2, 0.25) is 5.02 Å². The molecule has 0 saturated carbocycles. The number of rotatable bonds is 4. The molecule has 1 aliphatic rings. The van der Waals surface area contributed by atoms with Crippen molar-refractivity contribution in [2.45, 2.75) is 49.4 Å². The summed E-state index contributed by atoms with van der Waals surface area (Å²) in [5.74, 6) is 0.577. The largest absolute Gasteiger partial charge is 0.278 e. The van der Waals surface area contributed by atoms with E-state index >= 15 is 0 Å². The number of nitrogens with one attached hydrogen (secondary N) is 1. The predicted octanol–water partition coefficient (Wildman–Crippen LogP) is 3.90. The molecule has 3 rings (SSSR count). The molecule has 1 aromatic heterocycles. The fourth-order valence-corrected chi connectivity index (χ4v) is 3.91. The molecule has 1 fully saturated rings. The average Bonchev–Trinajstić information content (AvgIpc) is 3.01. The zero-order valence-corrected chi connectivity index (χ0v) is 16.3. The van der Waals surface area contributed by atoms with Gasteiger partial charge in [-0.3, -0.25) is 19.6 Å². The summed E-state index contributed by atoms with van der Waals surface area (Å²) in [5, 5.41) is 7.85. The Bertz CT molecular complexity index is 791. The lowest BCUT2D eigenvalue weighted by Crippen LogP contribution is -2.41. The van der Waals surface area contributed by atoms with Gasteiger partial charge in [0.15, 0.2) is 0 Å². The highest BCUT2D eigenvalue weighted by Crippen LogP contribution is 2.29. The normalized spacial score (nSPS) is 18.2. The molecule has 8 heteroatoms. The lowest BCUT2D eigenvalue weighted by molar-refractivity contribution is -0.127. The number of imide groups is 1. The van der Waals surface area contributed by atoms with Crippen molar-refractivity contribution >= 4 is 35.2 Å². The van der Waals surface area contributed by atoms with E-state index in [-0.39, 0.29) is 23.0 Å². The lowest BCUT2D eigenvalue weighted by atomic mass is 10.2. The monoisotopic (exact) mass is 392 g/mol. The van der Waals surface area contributed by atoms with Crippen LogP contribution in [-0.4, -0.2) is 43.7 Å². The zero-order valence-electron chi connectivity index (χ0n) is 14.7. The molecule has 2 aromatic rings. The van der Waals surface area contributed by atoms with Gasteiger partial charge in [-0.25, -0.2) is 4.98 Å². The van der Waals surface area contributed by atoms with Crippen molar-refractivity contribution in [2.75, 3.05) is 6.54 Å². The van der Waals surface area contributed by atoms with Crippen LogP contribution in [0, 0.1) is 0 Å². The second-order valence-corrected chi connectivity index (χ2v) is 8.17. The van der Waals surface area contributed by atoms with E-state index < -0.39 is 0 Å². The van der Waals surface area contributed by atoms with Crippen LogP contribution < -0.4 is 0 Å². The van der Waals surface area contributed by atoms with Crippen molar-refractivity contribution in [3.8, 4) is 0 Å². The Balaban J connectivity index is 1.76. The van der Waals surface area contributed by atoms with E-state index in [0.29, 0.717) is 28.7 Å². The average molecular weight is 393 g/mol. The molecule has 0 spiro atoms. The van der Waals surface area contributed by atoms with Crippen LogP contribution in [0.25, 0.3) is 0 Å². The quantitative estimate of drug-likeness (QED) is 0.798. The highest BCUT2D eigenvalue weighted by molar-refractivity contribution is 8.00. The van der Waals surface area contributed by atoms with Crippen molar-refractivity contribution in [2.24, 2.45) is 0 Å². The minimum absolute atomic E-state index is 0.177. The summed E-state index contributed by atoms with van der Waals surface area (Å²) >= 11 is 7.21. The molecule has 1 aromatic carbocycles. The summed E-state index contributed by atoms with van der Waals surface area (Å²) in [6.07, 6.45) is 2.39. The van der Waals surface area contributed by atoms with Crippen molar-refractivity contribution < 1.29 is 9.59 Å². The van der Waals surface area contributed by atoms with Gasteiger partial charge >= 0.3 is 0 Å². The Morgan fingerprint density at radius 1 is 1.31 bits per heavy atom. The fourth-order valence-electron chi connectivity index (χ4n) is 2.76. The molecule has 1 unspecified atom stereocenters. The first-order chi connectivity index (χ1) is 12.5. The van der Waals surface area contributed by atoms with Crippen LogP contribution >= 0.6 is 23.4 Å². The third-order valence-electron chi connectivity index (χ3n) is 4.25. The van der Waals surface area contributed by atoms with Gasteiger partial charge in [-0.1, -0.05) is 43.6 Å². The van der Waals surface area contributed by atoms with Crippen molar-refractivity contribution in [3.05, 3.63) is 40.7 Å². The summed E-state index contributed by atoms with van der Waals surface area (Å²) in [5.41, 5.74) is 0.466. The highest BCUT2D eigenvalue weighted by Gasteiger charge is 2.33. The van der Waals surface area contributed by atoms with Crippen molar-refractivity contribution in [1.29, 1.82) is 0 Å². The molecule has 1 saturated heterocycles. The van der Waals surface area contributed by atoms with Crippen LogP contribution in [0.1, 0.15) is 55.2 Å².